The van der Waals surface area contributed by atoms with E-state index in [0.29, 0.717) is 31.8 Å². The van der Waals surface area contributed by atoms with Crippen LogP contribution in [0.4, 0.5) is 0 Å². The van der Waals surface area contributed by atoms with E-state index in [1.165, 1.54) is 24.3 Å². The minimum atomic E-state index is -1.31. The van der Waals surface area contributed by atoms with E-state index in [1.54, 1.807) is 4.90 Å². The number of piperidine rings is 2. The van der Waals surface area contributed by atoms with Crippen LogP contribution in [-0.2, 0) is 14.4 Å². The second-order valence-corrected chi connectivity index (χ2v) is 9.07. The lowest BCUT2D eigenvalue weighted by molar-refractivity contribution is -0.139. The fourth-order valence-corrected chi connectivity index (χ4v) is 4.48. The molecule has 2 heterocycles. The fraction of sp³-hybridized carbons (Fsp3) is 0.583. The van der Waals surface area contributed by atoms with Crippen molar-refractivity contribution in [3.63, 3.8) is 0 Å². The lowest BCUT2D eigenvalue weighted by Gasteiger charge is -2.33. The summed E-state index contributed by atoms with van der Waals surface area (Å²) in [4.78, 5) is 51.0. The van der Waals surface area contributed by atoms with Crippen LogP contribution in [0, 0.1) is 11.8 Å². The highest BCUT2D eigenvalue weighted by Crippen LogP contribution is 2.21. The van der Waals surface area contributed by atoms with Gasteiger partial charge in [0, 0.05) is 31.6 Å². The lowest BCUT2D eigenvalue weighted by Crippen LogP contribution is -2.51. The van der Waals surface area contributed by atoms with Gasteiger partial charge in [0.2, 0.25) is 11.8 Å². The zero-order valence-corrected chi connectivity index (χ0v) is 20.5. The second kappa shape index (κ2) is 13.9. The van der Waals surface area contributed by atoms with Gasteiger partial charge in [-0.1, -0.05) is 0 Å². The maximum atomic E-state index is 12.7. The molecule has 0 spiro atoms. The second-order valence-electron chi connectivity index (χ2n) is 9.07. The van der Waals surface area contributed by atoms with Crippen molar-refractivity contribution in [1.29, 1.82) is 0 Å². The molecule has 5 N–H and O–H groups in total. The molecule has 1 aromatic rings. The number of halogens is 1. The van der Waals surface area contributed by atoms with Crippen LogP contribution in [0.2, 0.25) is 0 Å². The molecule has 194 valence electrons. The van der Waals surface area contributed by atoms with E-state index >= 15 is 0 Å². The molecule has 0 unspecified atom stereocenters. The number of phenolic OH excluding ortho intramolecular Hbond substituents is 1. The molecule has 2 atom stereocenters. The number of likely N-dealkylation sites (tertiary alicyclic amines) is 1. The number of aliphatic carboxylic acids is 1. The molecule has 0 aromatic heterocycles. The van der Waals surface area contributed by atoms with Crippen molar-refractivity contribution in [2.24, 2.45) is 11.8 Å². The third-order valence-electron chi connectivity index (χ3n) is 6.58. The highest BCUT2D eigenvalue weighted by molar-refractivity contribution is 5.96. The van der Waals surface area contributed by atoms with Crippen molar-refractivity contribution in [2.45, 2.75) is 44.6 Å². The first kappa shape index (κ1) is 28.4. The molecule has 0 aliphatic carbocycles. The largest absolute Gasteiger partial charge is 0.508 e. The molecule has 0 saturated carbocycles. The molecular formula is C24H35ClN4O6. The van der Waals surface area contributed by atoms with Gasteiger partial charge in [0.05, 0.1) is 5.92 Å². The standard InChI is InChI=1S/C24H34N4O6.ClH/c29-19-6-4-17(5-7-19)23(32)27-20(24(33)34)14-26-22(31)18-2-1-13-28(15-18)21(30)8-3-16-9-11-25-12-10-16;/h4-7,16,18,20,25,29H,1-3,8-15H2,(H,26,31)(H,27,32)(H,33,34);1H/t18-,20+;/m1./s1. The number of nitrogens with zero attached hydrogens (tertiary/aromatic N) is 1. The summed E-state index contributed by atoms with van der Waals surface area (Å²) in [6, 6.07) is 4.10. The van der Waals surface area contributed by atoms with E-state index in [9.17, 15) is 29.4 Å². The van der Waals surface area contributed by atoms with E-state index in [1.807, 2.05) is 0 Å². The van der Waals surface area contributed by atoms with Crippen LogP contribution in [-0.4, -0.2) is 77.6 Å². The SMILES string of the molecule is Cl.O=C(N[C@@H](CNC(=O)[C@@H]1CCCN(C(=O)CCC2CCNCC2)C1)C(=O)O)c1ccc(O)cc1. The van der Waals surface area contributed by atoms with Gasteiger partial charge in [-0.15, -0.1) is 12.4 Å². The van der Waals surface area contributed by atoms with E-state index < -0.39 is 23.8 Å². The smallest absolute Gasteiger partial charge is 0.328 e. The van der Waals surface area contributed by atoms with Crippen LogP contribution >= 0.6 is 12.4 Å². The highest BCUT2D eigenvalue weighted by atomic mass is 35.5. The number of rotatable bonds is 9. The maximum absolute atomic E-state index is 12.7. The summed E-state index contributed by atoms with van der Waals surface area (Å²) in [5.41, 5.74) is 0.196. The van der Waals surface area contributed by atoms with Crippen molar-refractivity contribution >= 4 is 36.1 Å². The Morgan fingerprint density at radius 3 is 2.43 bits per heavy atom. The zero-order valence-electron chi connectivity index (χ0n) is 19.7. The first-order valence-corrected chi connectivity index (χ1v) is 11.9. The monoisotopic (exact) mass is 510 g/mol. The molecule has 2 aliphatic heterocycles. The Bertz CT molecular complexity index is 875. The molecule has 3 amide bonds. The minimum absolute atomic E-state index is 0. The average Bonchev–Trinajstić information content (AvgIpc) is 2.85. The first-order valence-electron chi connectivity index (χ1n) is 11.9. The van der Waals surface area contributed by atoms with E-state index in [2.05, 4.69) is 16.0 Å². The topological polar surface area (TPSA) is 148 Å². The van der Waals surface area contributed by atoms with Crippen LogP contribution in [0.25, 0.3) is 0 Å². The summed E-state index contributed by atoms with van der Waals surface area (Å²) in [5.74, 6) is -1.99. The van der Waals surface area contributed by atoms with E-state index in [-0.39, 0.29) is 42.1 Å². The van der Waals surface area contributed by atoms with Crippen molar-refractivity contribution in [3.8, 4) is 5.75 Å². The van der Waals surface area contributed by atoms with Crippen LogP contribution in [0.1, 0.15) is 48.9 Å². The van der Waals surface area contributed by atoms with Crippen LogP contribution in [0.15, 0.2) is 24.3 Å². The number of benzene rings is 1. The first-order chi connectivity index (χ1) is 16.3. The van der Waals surface area contributed by atoms with E-state index in [4.69, 9.17) is 0 Å². The van der Waals surface area contributed by atoms with Gasteiger partial charge in [-0.05, 0) is 75.4 Å². The summed E-state index contributed by atoms with van der Waals surface area (Å²) in [6.07, 6.45) is 4.88. The third kappa shape index (κ3) is 8.70. The average molecular weight is 511 g/mol. The number of carbonyl (C=O) groups is 4. The van der Waals surface area contributed by atoms with Crippen molar-refractivity contribution in [3.05, 3.63) is 29.8 Å². The lowest BCUT2D eigenvalue weighted by atomic mass is 9.92. The quantitative estimate of drug-likeness (QED) is 0.334. The summed E-state index contributed by atoms with van der Waals surface area (Å²) >= 11 is 0. The number of phenols is 1. The number of amides is 3. The van der Waals surface area contributed by atoms with Gasteiger partial charge >= 0.3 is 5.97 Å². The molecule has 0 bridgehead atoms. The molecule has 1 aromatic carbocycles. The van der Waals surface area contributed by atoms with Crippen LogP contribution in [0.5, 0.6) is 5.75 Å². The molecule has 35 heavy (non-hydrogen) atoms. The normalized spacial score (nSPS) is 19.2. The Kier molecular flexibility index (Phi) is 11.3. The highest BCUT2D eigenvalue weighted by Gasteiger charge is 2.30. The minimum Gasteiger partial charge on any atom is -0.508 e. The van der Waals surface area contributed by atoms with Crippen LogP contribution in [0.3, 0.4) is 0 Å². The number of carboxylic acid groups (broad SMARTS) is 1. The van der Waals surface area contributed by atoms with Gasteiger partial charge in [0.1, 0.15) is 11.8 Å². The predicted octanol–water partition coefficient (Wildman–Crippen LogP) is 1.13. The third-order valence-corrected chi connectivity index (χ3v) is 6.58. The Morgan fingerprint density at radius 2 is 1.77 bits per heavy atom. The molecule has 2 saturated heterocycles. The number of hydrogen-bond donors (Lipinski definition) is 5. The van der Waals surface area contributed by atoms with Crippen LogP contribution < -0.4 is 16.0 Å². The van der Waals surface area contributed by atoms with Gasteiger partial charge < -0.3 is 31.1 Å². The van der Waals surface area contributed by atoms with Gasteiger partial charge in [-0.3, -0.25) is 14.4 Å². The van der Waals surface area contributed by atoms with Gasteiger partial charge in [-0.25, -0.2) is 4.79 Å². The summed E-state index contributed by atoms with van der Waals surface area (Å²) in [7, 11) is 0. The summed E-state index contributed by atoms with van der Waals surface area (Å²) < 4.78 is 0. The fourth-order valence-electron chi connectivity index (χ4n) is 4.48. The Morgan fingerprint density at radius 1 is 1.09 bits per heavy atom. The van der Waals surface area contributed by atoms with Crippen molar-refractivity contribution in [1.82, 2.24) is 20.9 Å². The molecule has 10 nitrogen and oxygen atoms in total. The molecular weight excluding hydrogens is 476 g/mol. The van der Waals surface area contributed by atoms with E-state index in [0.717, 1.165) is 38.8 Å². The molecule has 11 heteroatoms. The predicted molar refractivity (Wildman–Crippen MR) is 131 cm³/mol. The molecule has 2 aliphatic rings. The number of hydrogen-bond acceptors (Lipinski definition) is 6. The van der Waals surface area contributed by atoms with Gasteiger partial charge in [-0.2, -0.15) is 0 Å². The van der Waals surface area contributed by atoms with Gasteiger partial charge in [0.25, 0.3) is 5.91 Å². The Labute approximate surface area is 211 Å². The maximum Gasteiger partial charge on any atom is 0.328 e. The Balaban J connectivity index is 0.00000432. The number of carboxylic acids is 1. The van der Waals surface area contributed by atoms with Crippen molar-refractivity contribution < 1.29 is 29.4 Å². The zero-order chi connectivity index (χ0) is 24.5. The summed E-state index contributed by atoms with van der Waals surface area (Å²) in [5, 5.41) is 27.1. The summed E-state index contributed by atoms with van der Waals surface area (Å²) in [6.45, 7) is 2.69. The number of aromatic hydroxyl groups is 1. The van der Waals surface area contributed by atoms with Crippen molar-refractivity contribution in [2.75, 3.05) is 32.7 Å². The molecule has 0 radical (unpaired) electrons. The van der Waals surface area contributed by atoms with Gasteiger partial charge in [0.15, 0.2) is 0 Å². The number of carbonyl (C=O) groups excluding carboxylic acids is 3. The molecule has 2 fully saturated rings. The number of nitrogens with one attached hydrogen (secondary N) is 3. The molecule has 3 rings (SSSR count). The Hall–Kier alpha value is -2.85.